The van der Waals surface area contributed by atoms with Crippen LogP contribution in [0.4, 0.5) is 10.1 Å². The molecule has 0 unspecified atom stereocenters. The molecule has 0 radical (unpaired) electrons. The van der Waals surface area contributed by atoms with Crippen LogP contribution < -0.4 is 10.9 Å². The smallest absolute Gasteiger partial charge is 0.349 e. The Bertz CT molecular complexity index is 1220. The highest BCUT2D eigenvalue weighted by Gasteiger charge is 2.24. The van der Waals surface area contributed by atoms with Crippen LogP contribution in [0, 0.1) is 12.7 Å². The Morgan fingerprint density at radius 1 is 1.41 bits per heavy atom. The summed E-state index contributed by atoms with van der Waals surface area (Å²) in [6.07, 6.45) is 1.60. The third-order valence-electron chi connectivity index (χ3n) is 4.63. The van der Waals surface area contributed by atoms with Gasteiger partial charge in [-0.2, -0.15) is 0 Å². The topological polar surface area (TPSA) is 90.3 Å². The van der Waals surface area contributed by atoms with Gasteiger partial charge in [-0.1, -0.05) is 11.6 Å². The lowest BCUT2D eigenvalue weighted by molar-refractivity contribution is -0.119. The molecule has 150 valence electrons. The number of hydrogen-bond acceptors (Lipinski definition) is 6. The lowest BCUT2D eigenvalue weighted by Crippen LogP contribution is -2.22. The van der Waals surface area contributed by atoms with Gasteiger partial charge in [-0.15, -0.1) is 11.3 Å². The molecule has 1 aliphatic heterocycles. The van der Waals surface area contributed by atoms with Crippen molar-refractivity contribution < 1.29 is 18.7 Å². The number of halogens is 2. The Kier molecular flexibility index (Phi) is 5.10. The van der Waals surface area contributed by atoms with E-state index in [1.54, 1.807) is 11.5 Å². The van der Waals surface area contributed by atoms with Crippen molar-refractivity contribution in [2.75, 3.05) is 11.9 Å². The highest BCUT2D eigenvalue weighted by atomic mass is 35.5. The van der Waals surface area contributed by atoms with Crippen LogP contribution in [0.5, 0.6) is 0 Å². The monoisotopic (exact) mass is 435 g/mol. The minimum absolute atomic E-state index is 0.108. The maximum atomic E-state index is 13.7. The minimum atomic E-state index is -0.739. The third-order valence-corrected chi connectivity index (χ3v) is 6.03. The minimum Gasteiger partial charge on any atom is -0.451 e. The van der Waals surface area contributed by atoms with Gasteiger partial charge in [0.2, 0.25) is 0 Å². The summed E-state index contributed by atoms with van der Waals surface area (Å²) in [5.41, 5.74) is 0.212. The number of fused-ring (bicyclic) bond motifs is 2. The lowest BCUT2D eigenvalue weighted by atomic mass is 10.2. The third kappa shape index (κ3) is 3.63. The van der Waals surface area contributed by atoms with E-state index in [-0.39, 0.29) is 21.1 Å². The second kappa shape index (κ2) is 7.57. The number of thiophene rings is 1. The molecule has 3 heterocycles. The van der Waals surface area contributed by atoms with Crippen LogP contribution in [0.25, 0.3) is 10.2 Å². The summed E-state index contributed by atoms with van der Waals surface area (Å²) < 4.78 is 20.4. The number of benzene rings is 1. The van der Waals surface area contributed by atoms with Crippen LogP contribution in [-0.2, 0) is 22.5 Å². The second-order valence-corrected chi connectivity index (χ2v) is 8.01. The predicted molar refractivity (Wildman–Crippen MR) is 107 cm³/mol. The van der Waals surface area contributed by atoms with Crippen molar-refractivity contribution >= 4 is 50.7 Å². The quantitative estimate of drug-likeness (QED) is 0.635. The van der Waals surface area contributed by atoms with Gasteiger partial charge in [0.1, 0.15) is 21.3 Å². The first-order valence-electron chi connectivity index (χ1n) is 8.80. The summed E-state index contributed by atoms with van der Waals surface area (Å²) >= 11 is 6.84. The number of ether oxygens (including phenoxy) is 1. The fourth-order valence-electron chi connectivity index (χ4n) is 3.25. The molecule has 1 N–H and O–H groups in total. The second-order valence-electron chi connectivity index (χ2n) is 6.57. The number of anilines is 1. The number of rotatable bonds is 4. The average molecular weight is 436 g/mol. The molecule has 0 spiro atoms. The Labute approximate surface area is 173 Å². The molecule has 0 saturated heterocycles. The first kappa shape index (κ1) is 19.5. The van der Waals surface area contributed by atoms with Crippen LogP contribution in [0.2, 0.25) is 5.02 Å². The molecule has 0 aliphatic carbocycles. The number of nitrogens with one attached hydrogen (secondary N) is 1. The van der Waals surface area contributed by atoms with Crippen LogP contribution in [0.3, 0.4) is 0 Å². The van der Waals surface area contributed by atoms with Crippen molar-refractivity contribution in [3.8, 4) is 0 Å². The van der Waals surface area contributed by atoms with Crippen molar-refractivity contribution in [3.63, 3.8) is 0 Å². The van der Waals surface area contributed by atoms with Gasteiger partial charge in [0.25, 0.3) is 11.5 Å². The number of carbonyl (C=O) groups excluding carboxylic acids is 2. The zero-order chi connectivity index (χ0) is 20.7. The fourth-order valence-corrected chi connectivity index (χ4v) is 4.50. The van der Waals surface area contributed by atoms with Gasteiger partial charge < -0.3 is 10.1 Å². The summed E-state index contributed by atoms with van der Waals surface area (Å²) in [7, 11) is 0. The zero-order valence-corrected chi connectivity index (χ0v) is 16.8. The number of carbonyl (C=O) groups is 2. The average Bonchev–Trinajstić information content (AvgIpc) is 3.28. The molecule has 1 amide bonds. The van der Waals surface area contributed by atoms with E-state index < -0.39 is 24.3 Å². The van der Waals surface area contributed by atoms with Crippen LogP contribution in [0.1, 0.15) is 27.5 Å². The summed E-state index contributed by atoms with van der Waals surface area (Å²) in [6, 6.07) is 3.72. The highest BCUT2D eigenvalue weighted by Crippen LogP contribution is 2.29. The van der Waals surface area contributed by atoms with Gasteiger partial charge in [-0.25, -0.2) is 14.2 Å². The van der Waals surface area contributed by atoms with Gasteiger partial charge in [0, 0.05) is 18.0 Å². The van der Waals surface area contributed by atoms with Crippen molar-refractivity contribution in [2.45, 2.75) is 26.3 Å². The molecule has 29 heavy (non-hydrogen) atoms. The standard InChI is InChI=1S/C19H15ClFN3O4S/c1-9-15-17(23-13-3-2-6-24(13)18(15)26)29-16(9)19(27)28-8-14(25)22-12-7-10(20)4-5-11(12)21/h4-5,7H,2-3,6,8H2,1H3,(H,22,25). The number of hydrogen-bond donors (Lipinski definition) is 1. The molecule has 4 rings (SSSR count). The SMILES string of the molecule is Cc1c(C(=O)OCC(=O)Nc2cc(Cl)ccc2F)sc2nc3n(c(=O)c12)CCC3. The van der Waals surface area contributed by atoms with Gasteiger partial charge in [0.15, 0.2) is 6.61 Å². The largest absolute Gasteiger partial charge is 0.451 e. The van der Waals surface area contributed by atoms with E-state index in [0.717, 1.165) is 30.2 Å². The summed E-state index contributed by atoms with van der Waals surface area (Å²) in [5.74, 6) is -1.40. The van der Waals surface area contributed by atoms with Crippen molar-refractivity contribution in [1.82, 2.24) is 9.55 Å². The van der Waals surface area contributed by atoms with Crippen molar-refractivity contribution in [2.24, 2.45) is 0 Å². The van der Waals surface area contributed by atoms with Crippen LogP contribution in [0.15, 0.2) is 23.0 Å². The van der Waals surface area contributed by atoms with Crippen molar-refractivity contribution in [1.29, 1.82) is 0 Å². The number of aryl methyl sites for hydroxylation is 2. The van der Waals surface area contributed by atoms with Crippen LogP contribution in [-0.4, -0.2) is 28.0 Å². The molecule has 2 aromatic heterocycles. The molecule has 3 aromatic rings. The predicted octanol–water partition coefficient (Wildman–Crippen LogP) is 3.30. The summed E-state index contributed by atoms with van der Waals surface area (Å²) in [5, 5.41) is 2.96. The van der Waals surface area contributed by atoms with E-state index in [1.165, 1.54) is 12.1 Å². The number of aromatic nitrogens is 2. The molecular weight excluding hydrogens is 421 g/mol. The summed E-state index contributed by atoms with van der Waals surface area (Å²) in [6.45, 7) is 1.66. The number of nitrogens with zero attached hydrogens (tertiary/aromatic N) is 2. The Hall–Kier alpha value is -2.78. The van der Waals surface area contributed by atoms with Gasteiger partial charge in [-0.3, -0.25) is 14.2 Å². The van der Waals surface area contributed by atoms with E-state index in [4.69, 9.17) is 16.3 Å². The Morgan fingerprint density at radius 2 is 2.21 bits per heavy atom. The molecular formula is C19H15ClFN3O4S. The first-order valence-corrected chi connectivity index (χ1v) is 9.99. The molecule has 1 aromatic carbocycles. The van der Waals surface area contributed by atoms with Crippen LogP contribution >= 0.6 is 22.9 Å². The van der Waals surface area contributed by atoms with E-state index in [0.29, 0.717) is 28.1 Å². The Morgan fingerprint density at radius 3 is 3.00 bits per heavy atom. The molecule has 0 bridgehead atoms. The van der Waals surface area contributed by atoms with Gasteiger partial charge >= 0.3 is 5.97 Å². The normalized spacial score (nSPS) is 12.8. The maximum absolute atomic E-state index is 13.7. The van der Waals surface area contributed by atoms with Crippen molar-refractivity contribution in [3.05, 3.63) is 55.7 Å². The number of amides is 1. The number of esters is 1. The van der Waals surface area contributed by atoms with E-state index >= 15 is 0 Å². The highest BCUT2D eigenvalue weighted by molar-refractivity contribution is 7.20. The maximum Gasteiger partial charge on any atom is 0.349 e. The van der Waals surface area contributed by atoms with E-state index in [2.05, 4.69) is 10.3 Å². The molecule has 1 aliphatic rings. The van der Waals surface area contributed by atoms with Gasteiger partial charge in [0.05, 0.1) is 11.1 Å². The molecule has 0 fully saturated rings. The molecule has 7 nitrogen and oxygen atoms in total. The molecule has 0 saturated carbocycles. The summed E-state index contributed by atoms with van der Waals surface area (Å²) in [4.78, 5) is 42.3. The van der Waals surface area contributed by atoms with E-state index in [1.807, 2.05) is 0 Å². The lowest BCUT2D eigenvalue weighted by Gasteiger charge is -2.07. The molecule has 0 atom stereocenters. The fraction of sp³-hybridized carbons (Fsp3) is 0.263. The molecule has 10 heteroatoms. The van der Waals surface area contributed by atoms with Gasteiger partial charge in [-0.05, 0) is 37.1 Å². The van der Waals surface area contributed by atoms with E-state index in [9.17, 15) is 18.8 Å². The first-order chi connectivity index (χ1) is 13.8. The Balaban J connectivity index is 1.50. The zero-order valence-electron chi connectivity index (χ0n) is 15.3.